The SMILES string of the molecule is COc1ccc(CCN(Cc2ccc(C)o2)C(=O)CN(C[C@@H]2CCCO2)C(=O)C2CC2)cc1OC. The fourth-order valence-corrected chi connectivity index (χ4v) is 4.47. The second-order valence-corrected chi connectivity index (χ2v) is 9.40. The lowest BCUT2D eigenvalue weighted by Crippen LogP contribution is -2.46. The summed E-state index contributed by atoms with van der Waals surface area (Å²) in [7, 11) is 3.21. The molecular weight excluding hydrogens is 448 g/mol. The number of rotatable bonds is 12. The van der Waals surface area contributed by atoms with Gasteiger partial charge in [0.2, 0.25) is 11.8 Å². The molecule has 1 saturated carbocycles. The number of benzene rings is 1. The zero-order valence-corrected chi connectivity index (χ0v) is 21.0. The van der Waals surface area contributed by atoms with Crippen LogP contribution in [0.1, 0.15) is 42.8 Å². The fraction of sp³-hybridized carbons (Fsp3) is 0.556. The molecule has 8 nitrogen and oxygen atoms in total. The molecule has 1 aliphatic carbocycles. The summed E-state index contributed by atoms with van der Waals surface area (Å²) < 4.78 is 22.3. The third-order valence-corrected chi connectivity index (χ3v) is 6.63. The van der Waals surface area contributed by atoms with Gasteiger partial charge in [0.25, 0.3) is 0 Å². The quantitative estimate of drug-likeness (QED) is 0.458. The number of carbonyl (C=O) groups is 2. The van der Waals surface area contributed by atoms with Crippen LogP contribution in [-0.4, -0.2) is 68.2 Å². The number of hydrogen-bond acceptors (Lipinski definition) is 6. The second kappa shape index (κ2) is 11.6. The first-order valence-electron chi connectivity index (χ1n) is 12.4. The Morgan fingerprint density at radius 3 is 2.46 bits per heavy atom. The van der Waals surface area contributed by atoms with Crippen molar-refractivity contribution in [2.24, 2.45) is 5.92 Å². The Morgan fingerprint density at radius 1 is 1.03 bits per heavy atom. The van der Waals surface area contributed by atoms with Gasteiger partial charge in [0.15, 0.2) is 11.5 Å². The molecule has 1 atom stereocenters. The number of furan rings is 1. The predicted molar refractivity (Wildman–Crippen MR) is 130 cm³/mol. The van der Waals surface area contributed by atoms with E-state index in [1.54, 1.807) is 24.0 Å². The van der Waals surface area contributed by atoms with Crippen LogP contribution in [-0.2, 0) is 27.3 Å². The van der Waals surface area contributed by atoms with Crippen molar-refractivity contribution in [2.45, 2.75) is 51.7 Å². The van der Waals surface area contributed by atoms with Crippen LogP contribution in [0.15, 0.2) is 34.7 Å². The van der Waals surface area contributed by atoms with Gasteiger partial charge in [-0.05, 0) is 68.9 Å². The van der Waals surface area contributed by atoms with E-state index in [1.807, 2.05) is 37.3 Å². The van der Waals surface area contributed by atoms with Gasteiger partial charge >= 0.3 is 0 Å². The van der Waals surface area contributed by atoms with Gasteiger partial charge in [0.05, 0.1) is 33.4 Å². The normalized spacial score (nSPS) is 17.3. The van der Waals surface area contributed by atoms with E-state index in [1.165, 1.54) is 0 Å². The molecule has 1 aromatic heterocycles. The standard InChI is InChI=1S/C27H36N2O6/c1-19-6-10-23(35-19)17-28(13-12-20-7-11-24(32-2)25(15-20)33-3)26(30)18-29(27(31)21-8-9-21)16-22-5-4-14-34-22/h6-7,10-11,15,21-22H,4-5,8-9,12-14,16-18H2,1-3H3/t22-/m0/s1. The van der Waals surface area contributed by atoms with Crippen LogP contribution in [0, 0.1) is 12.8 Å². The average molecular weight is 485 g/mol. The lowest BCUT2D eigenvalue weighted by molar-refractivity contribution is -0.143. The van der Waals surface area contributed by atoms with Crippen molar-refractivity contribution in [3.63, 3.8) is 0 Å². The molecule has 0 N–H and O–H groups in total. The smallest absolute Gasteiger partial charge is 0.242 e. The van der Waals surface area contributed by atoms with Crippen molar-refractivity contribution in [2.75, 3.05) is 40.5 Å². The van der Waals surface area contributed by atoms with Crippen molar-refractivity contribution < 1.29 is 28.2 Å². The maximum Gasteiger partial charge on any atom is 0.242 e. The molecule has 35 heavy (non-hydrogen) atoms. The van der Waals surface area contributed by atoms with E-state index in [-0.39, 0.29) is 30.4 Å². The summed E-state index contributed by atoms with van der Waals surface area (Å²) in [5.41, 5.74) is 1.03. The lowest BCUT2D eigenvalue weighted by atomic mass is 10.1. The number of nitrogens with zero attached hydrogens (tertiary/aromatic N) is 2. The molecular formula is C27H36N2O6. The molecule has 8 heteroatoms. The Labute approximate surface area is 207 Å². The Morgan fingerprint density at radius 2 is 1.83 bits per heavy atom. The highest BCUT2D eigenvalue weighted by Crippen LogP contribution is 2.32. The minimum Gasteiger partial charge on any atom is -0.493 e. The molecule has 1 aliphatic heterocycles. The van der Waals surface area contributed by atoms with Crippen LogP contribution in [0.2, 0.25) is 0 Å². The number of carbonyl (C=O) groups excluding carboxylic acids is 2. The minimum absolute atomic E-state index is 0.0124. The van der Waals surface area contributed by atoms with Gasteiger partial charge in [-0.2, -0.15) is 0 Å². The van der Waals surface area contributed by atoms with E-state index in [2.05, 4.69) is 0 Å². The first kappa shape index (κ1) is 25.1. The van der Waals surface area contributed by atoms with E-state index in [0.29, 0.717) is 37.6 Å². The van der Waals surface area contributed by atoms with E-state index in [9.17, 15) is 9.59 Å². The maximum absolute atomic E-state index is 13.5. The van der Waals surface area contributed by atoms with Gasteiger partial charge in [-0.1, -0.05) is 6.07 Å². The first-order valence-corrected chi connectivity index (χ1v) is 12.4. The molecule has 2 fully saturated rings. The zero-order chi connectivity index (χ0) is 24.8. The Bertz CT molecular complexity index is 1010. The first-order chi connectivity index (χ1) is 17.0. The monoisotopic (exact) mass is 484 g/mol. The van der Waals surface area contributed by atoms with Crippen molar-refractivity contribution >= 4 is 11.8 Å². The molecule has 1 aromatic carbocycles. The summed E-state index contributed by atoms with van der Waals surface area (Å²) in [6, 6.07) is 9.56. The van der Waals surface area contributed by atoms with Gasteiger partial charge in [-0.25, -0.2) is 0 Å². The van der Waals surface area contributed by atoms with Crippen molar-refractivity contribution in [3.8, 4) is 11.5 Å². The molecule has 2 aromatic rings. The van der Waals surface area contributed by atoms with Gasteiger partial charge in [0, 0.05) is 25.6 Å². The third-order valence-electron chi connectivity index (χ3n) is 6.63. The van der Waals surface area contributed by atoms with Gasteiger partial charge in [-0.3, -0.25) is 9.59 Å². The van der Waals surface area contributed by atoms with Crippen molar-refractivity contribution in [3.05, 3.63) is 47.4 Å². The van der Waals surface area contributed by atoms with Gasteiger partial charge in [-0.15, -0.1) is 0 Å². The molecule has 0 spiro atoms. The Hall–Kier alpha value is -3.00. The van der Waals surface area contributed by atoms with Gasteiger partial charge < -0.3 is 28.4 Å². The summed E-state index contributed by atoms with van der Waals surface area (Å²) in [6.45, 7) is 3.98. The highest BCUT2D eigenvalue weighted by atomic mass is 16.5. The summed E-state index contributed by atoms with van der Waals surface area (Å²) in [5.74, 6) is 2.88. The fourth-order valence-electron chi connectivity index (χ4n) is 4.47. The minimum atomic E-state index is -0.0912. The number of hydrogen-bond donors (Lipinski definition) is 0. The van der Waals surface area contributed by atoms with Gasteiger partial charge in [0.1, 0.15) is 11.5 Å². The molecule has 4 rings (SSSR count). The van der Waals surface area contributed by atoms with Crippen LogP contribution in [0.5, 0.6) is 11.5 Å². The maximum atomic E-state index is 13.5. The van der Waals surface area contributed by atoms with Crippen molar-refractivity contribution in [1.82, 2.24) is 9.80 Å². The Kier molecular flexibility index (Phi) is 8.33. The molecule has 0 unspecified atom stereocenters. The molecule has 0 bridgehead atoms. The average Bonchev–Trinajstić information content (AvgIpc) is 3.44. The number of amides is 2. The molecule has 2 amide bonds. The molecule has 0 radical (unpaired) electrons. The molecule has 190 valence electrons. The largest absolute Gasteiger partial charge is 0.493 e. The highest BCUT2D eigenvalue weighted by Gasteiger charge is 2.36. The summed E-state index contributed by atoms with van der Waals surface area (Å²) in [5, 5.41) is 0. The van der Waals surface area contributed by atoms with Crippen LogP contribution in [0.3, 0.4) is 0 Å². The van der Waals surface area contributed by atoms with E-state index >= 15 is 0 Å². The van der Waals surface area contributed by atoms with Crippen LogP contribution in [0.25, 0.3) is 0 Å². The molecule has 2 heterocycles. The van der Waals surface area contributed by atoms with E-state index < -0.39 is 0 Å². The summed E-state index contributed by atoms with van der Waals surface area (Å²) >= 11 is 0. The van der Waals surface area contributed by atoms with Crippen molar-refractivity contribution in [1.29, 1.82) is 0 Å². The predicted octanol–water partition coefficient (Wildman–Crippen LogP) is 3.59. The summed E-state index contributed by atoms with van der Waals surface area (Å²) in [6.07, 6.45) is 4.39. The third kappa shape index (κ3) is 6.78. The zero-order valence-electron chi connectivity index (χ0n) is 21.0. The topological polar surface area (TPSA) is 81.5 Å². The number of ether oxygens (including phenoxy) is 3. The number of methoxy groups -OCH3 is 2. The number of aryl methyl sites for hydroxylation is 1. The molecule has 2 aliphatic rings. The second-order valence-electron chi connectivity index (χ2n) is 9.40. The van der Waals surface area contributed by atoms with Crippen LogP contribution in [0.4, 0.5) is 0 Å². The summed E-state index contributed by atoms with van der Waals surface area (Å²) in [4.78, 5) is 30.0. The van der Waals surface area contributed by atoms with Crippen LogP contribution < -0.4 is 9.47 Å². The molecule has 1 saturated heterocycles. The lowest BCUT2D eigenvalue weighted by Gasteiger charge is -2.29. The van der Waals surface area contributed by atoms with E-state index in [4.69, 9.17) is 18.6 Å². The Balaban J connectivity index is 1.47. The highest BCUT2D eigenvalue weighted by molar-refractivity contribution is 5.87. The van der Waals surface area contributed by atoms with Crippen LogP contribution >= 0.6 is 0 Å². The van der Waals surface area contributed by atoms with E-state index in [0.717, 1.165) is 49.4 Å².